The lowest BCUT2D eigenvalue weighted by Gasteiger charge is -2.40. The van der Waals surface area contributed by atoms with Gasteiger partial charge in [-0.3, -0.25) is 9.59 Å². The molecule has 0 saturated carbocycles. The zero-order chi connectivity index (χ0) is 25.8. The first-order valence-electron chi connectivity index (χ1n) is 12.3. The van der Waals surface area contributed by atoms with Gasteiger partial charge in [-0.2, -0.15) is 0 Å². The largest absolute Gasteiger partial charge is 0.493 e. The molecule has 4 rings (SSSR count). The highest BCUT2D eigenvalue weighted by Crippen LogP contribution is 2.46. The topological polar surface area (TPSA) is 74.4 Å². The number of carbonyl (C=O) groups excluding carboxylic acids is 2. The number of amides is 2. The van der Waals surface area contributed by atoms with Crippen molar-refractivity contribution in [2.45, 2.75) is 18.4 Å². The highest BCUT2D eigenvalue weighted by molar-refractivity contribution is 6.02. The minimum Gasteiger partial charge on any atom is -0.493 e. The molecule has 0 aromatic heterocycles. The smallest absolute Gasteiger partial charge is 0.254 e. The monoisotopic (exact) mass is 498 g/mol. The van der Waals surface area contributed by atoms with Crippen LogP contribution in [0.1, 0.15) is 39.9 Å². The molecule has 36 heavy (non-hydrogen) atoms. The molecule has 0 aliphatic carbocycles. The van der Waals surface area contributed by atoms with Crippen LogP contribution in [0.25, 0.3) is 0 Å². The lowest BCUT2D eigenvalue weighted by Crippen LogP contribution is -2.47. The first-order chi connectivity index (χ1) is 17.3. The summed E-state index contributed by atoms with van der Waals surface area (Å²) in [6.07, 6.45) is 0.806. The third-order valence-electron chi connectivity index (χ3n) is 7.23. The quantitative estimate of drug-likeness (QED) is 0.564. The molecule has 0 bridgehead atoms. The number of methoxy groups -OCH3 is 2. The molecule has 0 radical (unpaired) electrons. The normalized spacial score (nSPS) is 20.7. The van der Waals surface area contributed by atoms with Gasteiger partial charge >= 0.3 is 0 Å². The van der Waals surface area contributed by atoms with E-state index in [4.69, 9.17) is 9.47 Å². The van der Waals surface area contributed by atoms with Gasteiger partial charge in [-0.15, -0.1) is 0 Å². The third kappa shape index (κ3) is 5.17. The maximum Gasteiger partial charge on any atom is 0.254 e. The van der Waals surface area contributed by atoms with E-state index < -0.39 is 17.8 Å². The average molecular weight is 499 g/mol. The Labute approximate surface area is 211 Å². The molecule has 2 amide bonds. The summed E-state index contributed by atoms with van der Waals surface area (Å²) in [5.41, 5.74) is 1.15. The fourth-order valence-electron chi connectivity index (χ4n) is 5.13. The van der Waals surface area contributed by atoms with Crippen molar-refractivity contribution in [1.82, 2.24) is 20.0 Å². The number of ether oxygens (including phenoxy) is 2. The second kappa shape index (κ2) is 11.3. The van der Waals surface area contributed by atoms with Crippen LogP contribution in [0.5, 0.6) is 11.5 Å². The maximum atomic E-state index is 15.0. The van der Waals surface area contributed by atoms with Crippen molar-refractivity contribution in [3.05, 3.63) is 58.9 Å². The van der Waals surface area contributed by atoms with Crippen molar-refractivity contribution >= 4 is 11.8 Å². The predicted octanol–water partition coefficient (Wildman–Crippen LogP) is 2.51. The highest BCUT2D eigenvalue weighted by Gasteiger charge is 2.44. The van der Waals surface area contributed by atoms with E-state index in [1.54, 1.807) is 37.4 Å². The number of hydrogen-bond acceptors (Lipinski definition) is 6. The summed E-state index contributed by atoms with van der Waals surface area (Å²) in [6.45, 7) is 5.51. The lowest BCUT2D eigenvalue weighted by atomic mass is 9.79. The van der Waals surface area contributed by atoms with Crippen molar-refractivity contribution < 1.29 is 23.5 Å². The van der Waals surface area contributed by atoms with E-state index in [9.17, 15) is 14.0 Å². The molecule has 2 atom stereocenters. The number of carbonyl (C=O) groups is 2. The summed E-state index contributed by atoms with van der Waals surface area (Å²) < 4.78 is 25.8. The van der Waals surface area contributed by atoms with Gasteiger partial charge in [0.2, 0.25) is 5.91 Å². The molecular formula is C27H35FN4O4. The Kier molecular flexibility index (Phi) is 8.11. The predicted molar refractivity (Wildman–Crippen MR) is 135 cm³/mol. The molecule has 194 valence electrons. The second-order valence-electron chi connectivity index (χ2n) is 9.44. The van der Waals surface area contributed by atoms with Crippen LogP contribution in [0, 0.1) is 5.82 Å². The molecule has 2 aromatic carbocycles. The standard InChI is InChI=1S/C27H35FN4O4/c1-30-12-14-32(15-13-30)11-7-10-29-26(33)24-19-16-22(35-3)23(36-4)17-20(19)27(34)31(2)25(24)18-8-5-6-9-21(18)28/h5-6,8-9,16-17,24-25H,7,10-15H2,1-4H3,(H,29,33)/t24-,25+/m1/s1. The van der Waals surface area contributed by atoms with Crippen LogP contribution in [0.4, 0.5) is 4.39 Å². The fourth-order valence-corrected chi connectivity index (χ4v) is 5.13. The molecule has 2 aliphatic heterocycles. The van der Waals surface area contributed by atoms with Gasteiger partial charge in [0, 0.05) is 50.9 Å². The van der Waals surface area contributed by atoms with Gasteiger partial charge in [0.1, 0.15) is 5.82 Å². The minimum absolute atomic E-state index is 0.255. The van der Waals surface area contributed by atoms with Crippen molar-refractivity contribution in [3.63, 3.8) is 0 Å². The number of fused-ring (bicyclic) bond motifs is 1. The number of likely N-dealkylation sites (N-methyl/N-ethyl adjacent to an activating group) is 2. The van der Waals surface area contributed by atoms with Gasteiger partial charge in [0.15, 0.2) is 11.5 Å². The number of nitrogens with one attached hydrogen (secondary N) is 1. The molecule has 1 N–H and O–H groups in total. The summed E-state index contributed by atoms with van der Waals surface area (Å²) in [6, 6.07) is 8.75. The summed E-state index contributed by atoms with van der Waals surface area (Å²) in [5, 5.41) is 3.05. The molecule has 2 aliphatic rings. The Morgan fingerprint density at radius 2 is 1.69 bits per heavy atom. The Morgan fingerprint density at radius 1 is 1.03 bits per heavy atom. The van der Waals surface area contributed by atoms with Crippen molar-refractivity contribution in [2.24, 2.45) is 0 Å². The fraction of sp³-hybridized carbons (Fsp3) is 0.481. The average Bonchev–Trinajstić information content (AvgIpc) is 2.89. The Bertz CT molecular complexity index is 1100. The van der Waals surface area contributed by atoms with Crippen LogP contribution in [-0.4, -0.2) is 94.1 Å². The van der Waals surface area contributed by atoms with Crippen LogP contribution < -0.4 is 14.8 Å². The van der Waals surface area contributed by atoms with E-state index in [2.05, 4.69) is 22.2 Å². The van der Waals surface area contributed by atoms with E-state index in [0.29, 0.717) is 34.7 Å². The van der Waals surface area contributed by atoms with Crippen LogP contribution >= 0.6 is 0 Å². The van der Waals surface area contributed by atoms with Crippen molar-refractivity contribution in [1.29, 1.82) is 0 Å². The number of hydrogen-bond donors (Lipinski definition) is 1. The Hall–Kier alpha value is -3.17. The maximum absolute atomic E-state index is 15.0. The molecule has 0 spiro atoms. The van der Waals surface area contributed by atoms with Crippen LogP contribution in [-0.2, 0) is 4.79 Å². The molecular weight excluding hydrogens is 463 g/mol. The first-order valence-corrected chi connectivity index (χ1v) is 12.3. The number of nitrogens with zero attached hydrogens (tertiary/aromatic N) is 3. The van der Waals surface area contributed by atoms with Gasteiger partial charge in [-0.05, 0) is 43.8 Å². The zero-order valence-corrected chi connectivity index (χ0v) is 21.4. The summed E-state index contributed by atoms with van der Waals surface area (Å²) in [7, 11) is 6.72. The van der Waals surface area contributed by atoms with Crippen LogP contribution in [0.3, 0.4) is 0 Å². The minimum atomic E-state index is -0.817. The number of rotatable bonds is 8. The SMILES string of the molecule is COc1cc2c(cc1OC)[C@@H](C(=O)NCCCN1CCN(C)CC1)[C@H](c1ccccc1F)N(C)C2=O. The van der Waals surface area contributed by atoms with E-state index in [1.807, 2.05) is 0 Å². The molecule has 2 aromatic rings. The van der Waals surface area contributed by atoms with E-state index in [-0.39, 0.29) is 11.8 Å². The number of benzene rings is 2. The highest BCUT2D eigenvalue weighted by atomic mass is 19.1. The van der Waals surface area contributed by atoms with E-state index >= 15 is 0 Å². The summed E-state index contributed by atoms with van der Waals surface area (Å²) >= 11 is 0. The van der Waals surface area contributed by atoms with Crippen LogP contribution in [0.15, 0.2) is 36.4 Å². The zero-order valence-electron chi connectivity index (χ0n) is 21.4. The number of halogens is 1. The first kappa shape index (κ1) is 25.9. The lowest BCUT2D eigenvalue weighted by molar-refractivity contribution is -0.124. The second-order valence-corrected chi connectivity index (χ2v) is 9.44. The van der Waals surface area contributed by atoms with Crippen molar-refractivity contribution in [3.8, 4) is 11.5 Å². The van der Waals surface area contributed by atoms with E-state index in [0.717, 1.165) is 39.1 Å². The molecule has 1 saturated heterocycles. The Balaban J connectivity index is 1.62. The molecule has 8 nitrogen and oxygen atoms in total. The summed E-state index contributed by atoms with van der Waals surface area (Å²) in [5.74, 6) is -1.03. The van der Waals surface area contributed by atoms with E-state index in [1.165, 1.54) is 25.2 Å². The summed E-state index contributed by atoms with van der Waals surface area (Å²) in [4.78, 5) is 33.2. The van der Waals surface area contributed by atoms with Crippen LogP contribution in [0.2, 0.25) is 0 Å². The Morgan fingerprint density at radius 3 is 2.36 bits per heavy atom. The van der Waals surface area contributed by atoms with Gasteiger partial charge in [0.25, 0.3) is 5.91 Å². The van der Waals surface area contributed by atoms with Gasteiger partial charge in [-0.25, -0.2) is 4.39 Å². The van der Waals surface area contributed by atoms with Gasteiger partial charge < -0.3 is 29.5 Å². The molecule has 9 heteroatoms. The van der Waals surface area contributed by atoms with Crippen molar-refractivity contribution in [2.75, 3.05) is 67.6 Å². The van der Waals surface area contributed by atoms with Gasteiger partial charge in [-0.1, -0.05) is 18.2 Å². The number of piperazine rings is 1. The van der Waals surface area contributed by atoms with Gasteiger partial charge in [0.05, 0.1) is 26.2 Å². The molecule has 1 fully saturated rings. The molecule has 2 heterocycles. The molecule has 0 unspecified atom stereocenters. The third-order valence-corrected chi connectivity index (χ3v) is 7.23.